The Hall–Kier alpha value is -2.69. The van der Waals surface area contributed by atoms with E-state index in [1.54, 1.807) is 13.0 Å². The number of Topliss-reactive ketones (excluding diaryl/α,β-unsaturated/α-hetero) is 2. The number of carbonyl (C=O) groups excluding carboxylic acids is 3. The van der Waals surface area contributed by atoms with Crippen LogP contribution in [0.3, 0.4) is 0 Å². The van der Waals surface area contributed by atoms with Crippen LogP contribution in [0.5, 0.6) is 0 Å². The van der Waals surface area contributed by atoms with Gasteiger partial charge in [0.15, 0.2) is 5.78 Å². The second-order valence-electron chi connectivity index (χ2n) is 7.09. The maximum atomic E-state index is 12.7. The summed E-state index contributed by atoms with van der Waals surface area (Å²) in [5.74, 6) is -0.639. The summed E-state index contributed by atoms with van der Waals surface area (Å²) in [6.07, 6.45) is 2.52. The van der Waals surface area contributed by atoms with Crippen molar-refractivity contribution >= 4 is 28.4 Å². The van der Waals surface area contributed by atoms with Gasteiger partial charge in [-0.15, -0.1) is 0 Å². The molecule has 0 amide bonds. The first kappa shape index (κ1) is 19.1. The number of carbonyl (C=O) groups is 3. The molecule has 1 saturated carbocycles. The van der Waals surface area contributed by atoms with Gasteiger partial charge in [-0.25, -0.2) is 4.79 Å². The number of ether oxygens (including phenoxy) is 1. The molecule has 0 aliphatic heterocycles. The lowest BCUT2D eigenvalue weighted by atomic mass is 9.66. The van der Waals surface area contributed by atoms with Gasteiger partial charge in [-0.05, 0) is 44.4 Å². The molecule has 1 aliphatic rings. The molecule has 0 spiro atoms. The summed E-state index contributed by atoms with van der Waals surface area (Å²) >= 11 is 0. The van der Waals surface area contributed by atoms with Crippen molar-refractivity contribution in [2.75, 3.05) is 6.61 Å². The number of nitrogens with zero attached hydrogens (tertiary/aromatic N) is 1. The highest BCUT2D eigenvalue weighted by molar-refractivity contribution is 6.09. The number of aromatic nitrogens is 1. The van der Waals surface area contributed by atoms with Crippen LogP contribution < -0.4 is 0 Å². The minimum atomic E-state index is -1.14. The van der Waals surface area contributed by atoms with Crippen molar-refractivity contribution in [2.45, 2.75) is 46.1 Å². The molecule has 0 saturated heterocycles. The van der Waals surface area contributed by atoms with Crippen LogP contribution in [-0.4, -0.2) is 28.7 Å². The summed E-state index contributed by atoms with van der Waals surface area (Å²) in [7, 11) is 0. The average molecular weight is 367 g/mol. The number of rotatable bonds is 6. The number of benzene rings is 1. The van der Waals surface area contributed by atoms with Crippen molar-refractivity contribution < 1.29 is 19.1 Å². The van der Waals surface area contributed by atoms with Gasteiger partial charge in [-0.3, -0.25) is 9.59 Å². The summed E-state index contributed by atoms with van der Waals surface area (Å²) in [6, 6.07) is 9.41. The third-order valence-corrected chi connectivity index (χ3v) is 5.53. The van der Waals surface area contributed by atoms with Crippen molar-refractivity contribution in [1.29, 1.82) is 0 Å². The number of fused-ring (bicyclic) bond motifs is 1. The summed E-state index contributed by atoms with van der Waals surface area (Å²) in [4.78, 5) is 37.7. The molecule has 1 atom stereocenters. The van der Waals surface area contributed by atoms with Gasteiger partial charge in [0.2, 0.25) is 0 Å². The van der Waals surface area contributed by atoms with E-state index in [0.717, 1.165) is 23.7 Å². The van der Waals surface area contributed by atoms with E-state index < -0.39 is 11.4 Å². The molecule has 1 aromatic carbocycles. The van der Waals surface area contributed by atoms with Gasteiger partial charge in [0, 0.05) is 23.9 Å². The third-order valence-electron chi connectivity index (χ3n) is 5.53. The average Bonchev–Trinajstić information content (AvgIpc) is 3.01. The molecule has 0 bridgehead atoms. The van der Waals surface area contributed by atoms with E-state index in [1.807, 2.05) is 28.8 Å². The van der Waals surface area contributed by atoms with Gasteiger partial charge in [-0.2, -0.15) is 0 Å². The van der Waals surface area contributed by atoms with Crippen LogP contribution in [0.2, 0.25) is 0 Å². The fourth-order valence-electron chi connectivity index (χ4n) is 4.10. The van der Waals surface area contributed by atoms with E-state index in [4.69, 9.17) is 4.74 Å². The number of hydrogen-bond donors (Lipinski definition) is 0. The van der Waals surface area contributed by atoms with E-state index in [2.05, 4.69) is 6.58 Å². The first-order chi connectivity index (χ1) is 12.9. The van der Waals surface area contributed by atoms with Gasteiger partial charge in [0.05, 0.1) is 6.61 Å². The first-order valence-electron chi connectivity index (χ1n) is 9.39. The maximum absolute atomic E-state index is 12.7. The summed E-state index contributed by atoms with van der Waals surface area (Å²) in [6.45, 7) is 7.87. The fraction of sp³-hybridized carbons (Fsp3) is 0.409. The summed E-state index contributed by atoms with van der Waals surface area (Å²) in [5.41, 5.74) is 0.659. The Balaban J connectivity index is 2.06. The molecular weight excluding hydrogens is 342 g/mol. The van der Waals surface area contributed by atoms with Crippen molar-refractivity contribution in [3.8, 4) is 0 Å². The van der Waals surface area contributed by atoms with Crippen LogP contribution in [0.1, 0.15) is 50.0 Å². The monoisotopic (exact) mass is 367 g/mol. The fourth-order valence-corrected chi connectivity index (χ4v) is 4.10. The van der Waals surface area contributed by atoms with Crippen molar-refractivity contribution in [3.63, 3.8) is 0 Å². The van der Waals surface area contributed by atoms with Crippen LogP contribution in [-0.2, 0) is 20.9 Å². The van der Waals surface area contributed by atoms with Gasteiger partial charge >= 0.3 is 5.97 Å². The molecule has 1 fully saturated rings. The van der Waals surface area contributed by atoms with Crippen molar-refractivity contribution in [3.05, 3.63) is 48.2 Å². The van der Waals surface area contributed by atoms with E-state index in [-0.39, 0.29) is 24.7 Å². The highest BCUT2D eigenvalue weighted by Gasteiger charge is 2.46. The van der Waals surface area contributed by atoms with Gasteiger partial charge < -0.3 is 9.30 Å². The third kappa shape index (κ3) is 3.22. The standard InChI is InChI=1S/C22H25NO4/c1-4-27-21(26)19-13-17-9-5-6-10-18(17)23(19)14-15(2)22(16(3)24)12-8-7-11-20(22)25/h5-6,9-10,13H,2,4,7-8,11-12,14H2,1,3H3/t22-/m1/s1. The number of para-hydroxylation sites is 1. The lowest BCUT2D eigenvalue weighted by Crippen LogP contribution is -2.43. The molecule has 0 radical (unpaired) electrons. The predicted molar refractivity (Wildman–Crippen MR) is 104 cm³/mol. The molecule has 5 nitrogen and oxygen atoms in total. The van der Waals surface area contributed by atoms with Crippen LogP contribution in [0.25, 0.3) is 10.9 Å². The Morgan fingerprint density at radius 2 is 2.00 bits per heavy atom. The molecular formula is C22H25NO4. The molecule has 0 unspecified atom stereocenters. The van der Waals surface area contributed by atoms with Gasteiger partial charge in [0.25, 0.3) is 0 Å². The van der Waals surface area contributed by atoms with Crippen molar-refractivity contribution in [2.24, 2.45) is 5.41 Å². The second kappa shape index (κ2) is 7.51. The molecule has 5 heteroatoms. The zero-order valence-electron chi connectivity index (χ0n) is 15.9. The lowest BCUT2D eigenvalue weighted by molar-refractivity contribution is -0.139. The topological polar surface area (TPSA) is 65.4 Å². The second-order valence-corrected chi connectivity index (χ2v) is 7.09. The van der Waals surface area contributed by atoms with E-state index in [9.17, 15) is 14.4 Å². The van der Waals surface area contributed by atoms with Crippen LogP contribution in [0, 0.1) is 5.41 Å². The molecule has 27 heavy (non-hydrogen) atoms. The number of esters is 1. The number of hydrogen-bond acceptors (Lipinski definition) is 4. The predicted octanol–water partition coefficient (Wildman–Crippen LogP) is 4.09. The Morgan fingerprint density at radius 1 is 1.26 bits per heavy atom. The normalized spacial score (nSPS) is 19.9. The zero-order chi connectivity index (χ0) is 19.6. The van der Waals surface area contributed by atoms with Crippen LogP contribution in [0.4, 0.5) is 0 Å². The van der Waals surface area contributed by atoms with Gasteiger partial charge in [0.1, 0.15) is 16.9 Å². The van der Waals surface area contributed by atoms with E-state index in [0.29, 0.717) is 24.1 Å². The number of ketones is 2. The minimum absolute atomic E-state index is 0.0552. The summed E-state index contributed by atoms with van der Waals surface area (Å²) < 4.78 is 7.00. The molecule has 1 aromatic heterocycles. The van der Waals surface area contributed by atoms with Crippen LogP contribution >= 0.6 is 0 Å². The quantitative estimate of drug-likeness (QED) is 0.438. The molecule has 142 valence electrons. The minimum Gasteiger partial charge on any atom is -0.461 e. The SMILES string of the molecule is C=C(Cn1c(C(=O)OCC)cc2ccccc21)[C@@]1(C(C)=O)CCCCC1=O. The molecule has 2 aromatic rings. The van der Waals surface area contributed by atoms with Crippen LogP contribution in [0.15, 0.2) is 42.5 Å². The molecule has 3 rings (SSSR count). The largest absolute Gasteiger partial charge is 0.461 e. The van der Waals surface area contributed by atoms with Crippen molar-refractivity contribution in [1.82, 2.24) is 4.57 Å². The van der Waals surface area contributed by atoms with E-state index >= 15 is 0 Å². The maximum Gasteiger partial charge on any atom is 0.354 e. The Kier molecular flexibility index (Phi) is 5.31. The zero-order valence-corrected chi connectivity index (χ0v) is 15.9. The highest BCUT2D eigenvalue weighted by Crippen LogP contribution is 2.41. The number of allylic oxidation sites excluding steroid dienone is 1. The molecule has 1 heterocycles. The highest BCUT2D eigenvalue weighted by atomic mass is 16.5. The summed E-state index contributed by atoms with van der Waals surface area (Å²) in [5, 5.41) is 0.903. The lowest BCUT2D eigenvalue weighted by Gasteiger charge is -2.35. The Morgan fingerprint density at radius 3 is 2.67 bits per heavy atom. The Labute approximate surface area is 159 Å². The smallest absolute Gasteiger partial charge is 0.354 e. The first-order valence-corrected chi connectivity index (χ1v) is 9.39. The van der Waals surface area contributed by atoms with Gasteiger partial charge in [-0.1, -0.05) is 31.2 Å². The molecule has 1 aliphatic carbocycles. The Bertz CT molecular complexity index is 924. The van der Waals surface area contributed by atoms with E-state index in [1.165, 1.54) is 6.92 Å². The molecule has 0 N–H and O–H groups in total.